The molecule has 5 aromatic carbocycles. The maximum atomic E-state index is 13.6. The molecular formula is C45H48N6O5. The SMILES string of the molecule is CN(C)c1ccc(C(=O)NC2=Nc3cccc(OCCCC(=O)N(Cc4ccccc4)Cc4ccccc4)c3CN2CC(=O)Oc2ccccc2N(C)C)cc1. The Kier molecular flexibility index (Phi) is 13.0. The van der Waals surface area contributed by atoms with Gasteiger partial charge >= 0.3 is 5.97 Å². The minimum atomic E-state index is -0.521. The van der Waals surface area contributed by atoms with Crippen LogP contribution in [0.3, 0.4) is 0 Å². The van der Waals surface area contributed by atoms with Crippen LogP contribution in [0.25, 0.3) is 0 Å². The average molecular weight is 753 g/mol. The van der Waals surface area contributed by atoms with Gasteiger partial charge in [0.2, 0.25) is 11.9 Å². The minimum Gasteiger partial charge on any atom is -0.493 e. The van der Waals surface area contributed by atoms with Crippen molar-refractivity contribution in [3.63, 3.8) is 0 Å². The number of guanidine groups is 1. The van der Waals surface area contributed by atoms with Crippen molar-refractivity contribution in [2.24, 2.45) is 4.99 Å². The highest BCUT2D eigenvalue weighted by atomic mass is 16.5. The summed E-state index contributed by atoms with van der Waals surface area (Å²) in [6.45, 7) is 1.35. The predicted molar refractivity (Wildman–Crippen MR) is 220 cm³/mol. The fraction of sp³-hybridized carbons (Fsp3) is 0.244. The molecule has 11 nitrogen and oxygen atoms in total. The number of nitrogens with zero attached hydrogens (tertiary/aromatic N) is 5. The molecule has 0 unspecified atom stereocenters. The van der Waals surface area contributed by atoms with Gasteiger partial charge in [0.05, 0.1) is 24.5 Å². The molecule has 0 radical (unpaired) electrons. The van der Waals surface area contributed by atoms with Crippen LogP contribution < -0.4 is 24.6 Å². The molecule has 288 valence electrons. The number of ether oxygens (including phenoxy) is 2. The molecule has 1 heterocycles. The molecule has 2 amide bonds. The van der Waals surface area contributed by atoms with Crippen LogP contribution >= 0.6 is 0 Å². The van der Waals surface area contributed by atoms with Crippen LogP contribution in [0.1, 0.15) is 39.9 Å². The van der Waals surface area contributed by atoms with Gasteiger partial charge in [0.15, 0.2) is 5.75 Å². The van der Waals surface area contributed by atoms with Crippen LogP contribution in [0.5, 0.6) is 11.5 Å². The molecule has 1 aliphatic heterocycles. The first-order chi connectivity index (χ1) is 27.1. The fourth-order valence-electron chi connectivity index (χ4n) is 6.35. The lowest BCUT2D eigenvalue weighted by Gasteiger charge is -2.30. The molecule has 0 spiro atoms. The highest BCUT2D eigenvalue weighted by molar-refractivity contribution is 6.07. The Morgan fingerprint density at radius 3 is 1.98 bits per heavy atom. The number of rotatable bonds is 15. The highest BCUT2D eigenvalue weighted by Gasteiger charge is 2.27. The van der Waals surface area contributed by atoms with Crippen LogP contribution in [-0.2, 0) is 29.2 Å². The highest BCUT2D eigenvalue weighted by Crippen LogP contribution is 2.34. The van der Waals surface area contributed by atoms with Crippen molar-refractivity contribution in [2.75, 3.05) is 51.1 Å². The number of carbonyl (C=O) groups is 3. The zero-order chi connectivity index (χ0) is 39.4. The van der Waals surface area contributed by atoms with Crippen molar-refractivity contribution < 1.29 is 23.9 Å². The largest absolute Gasteiger partial charge is 0.493 e. The van der Waals surface area contributed by atoms with E-state index >= 15 is 0 Å². The number of benzene rings is 5. The number of anilines is 2. The van der Waals surface area contributed by atoms with Gasteiger partial charge in [0.1, 0.15) is 12.3 Å². The molecule has 0 bridgehead atoms. The van der Waals surface area contributed by atoms with Crippen molar-refractivity contribution in [1.29, 1.82) is 0 Å². The number of amides is 2. The van der Waals surface area contributed by atoms with Crippen LogP contribution in [0, 0.1) is 0 Å². The Bertz CT molecular complexity index is 2100. The molecular weight excluding hydrogens is 705 g/mol. The minimum absolute atomic E-state index is 0.0401. The number of para-hydroxylation sites is 2. The number of hydrogen-bond donors (Lipinski definition) is 1. The number of fused-ring (bicyclic) bond motifs is 1. The summed E-state index contributed by atoms with van der Waals surface area (Å²) in [5, 5.41) is 2.93. The number of aliphatic imine (C=N–C) groups is 1. The van der Waals surface area contributed by atoms with E-state index in [1.54, 1.807) is 23.1 Å². The first kappa shape index (κ1) is 39.1. The van der Waals surface area contributed by atoms with Gasteiger partial charge < -0.3 is 29.1 Å². The summed E-state index contributed by atoms with van der Waals surface area (Å²) in [5.74, 6) is 0.389. The molecule has 0 aliphatic carbocycles. The molecule has 11 heteroatoms. The van der Waals surface area contributed by atoms with Gasteiger partial charge in [-0.1, -0.05) is 78.9 Å². The van der Waals surface area contributed by atoms with Crippen molar-refractivity contribution >= 4 is 40.8 Å². The topological polar surface area (TPSA) is 107 Å². The first-order valence-electron chi connectivity index (χ1n) is 18.6. The van der Waals surface area contributed by atoms with E-state index < -0.39 is 5.97 Å². The van der Waals surface area contributed by atoms with Gasteiger partial charge in [0, 0.05) is 64.5 Å². The second kappa shape index (κ2) is 18.6. The molecule has 0 atom stereocenters. The Balaban J connectivity index is 1.16. The molecule has 1 aliphatic rings. The summed E-state index contributed by atoms with van der Waals surface area (Å²) in [7, 11) is 7.62. The van der Waals surface area contributed by atoms with Crippen LogP contribution in [0.15, 0.2) is 132 Å². The van der Waals surface area contributed by atoms with E-state index in [-0.39, 0.29) is 30.9 Å². The molecule has 1 N–H and O–H groups in total. The van der Waals surface area contributed by atoms with E-state index in [1.165, 1.54) is 0 Å². The molecule has 0 aromatic heterocycles. The molecule has 0 saturated heterocycles. The molecule has 56 heavy (non-hydrogen) atoms. The Morgan fingerprint density at radius 2 is 1.34 bits per heavy atom. The fourth-order valence-corrected chi connectivity index (χ4v) is 6.35. The standard InChI is InChI=1S/C45H48N6O5/c1-48(2)36-26-24-35(25-27-36)44(54)47-45-46-38-19-13-22-40(37(38)31-51(45)32-43(53)56-41-21-12-11-20-39(41)49(3)4)55-28-14-23-42(52)50(29-33-15-7-5-8-16-33)30-34-17-9-6-10-18-34/h5-13,15-22,24-27H,14,23,28-32H2,1-4H3,(H,46,47,54). The van der Waals surface area contributed by atoms with E-state index in [2.05, 4.69) is 5.32 Å². The van der Waals surface area contributed by atoms with E-state index in [4.69, 9.17) is 14.5 Å². The van der Waals surface area contributed by atoms with Crippen molar-refractivity contribution in [3.05, 3.63) is 150 Å². The molecule has 0 saturated carbocycles. The first-order valence-corrected chi connectivity index (χ1v) is 18.6. The number of esters is 1. The Morgan fingerprint density at radius 1 is 0.714 bits per heavy atom. The zero-order valence-electron chi connectivity index (χ0n) is 32.4. The maximum absolute atomic E-state index is 13.6. The zero-order valence-corrected chi connectivity index (χ0v) is 32.4. The van der Waals surface area contributed by atoms with Gasteiger partial charge in [-0.15, -0.1) is 0 Å². The van der Waals surface area contributed by atoms with E-state index in [9.17, 15) is 14.4 Å². The maximum Gasteiger partial charge on any atom is 0.331 e. The van der Waals surface area contributed by atoms with E-state index in [1.807, 2.05) is 152 Å². The predicted octanol–water partition coefficient (Wildman–Crippen LogP) is 7.05. The third-order valence-electron chi connectivity index (χ3n) is 9.32. The normalized spacial score (nSPS) is 11.9. The van der Waals surface area contributed by atoms with Gasteiger partial charge in [-0.25, -0.2) is 9.79 Å². The van der Waals surface area contributed by atoms with Gasteiger partial charge in [-0.2, -0.15) is 0 Å². The van der Waals surface area contributed by atoms with Gasteiger partial charge in [-0.05, 0) is 66.1 Å². The third kappa shape index (κ3) is 10.3. The van der Waals surface area contributed by atoms with Crippen molar-refractivity contribution in [1.82, 2.24) is 15.1 Å². The summed E-state index contributed by atoms with van der Waals surface area (Å²) in [6.07, 6.45) is 0.812. The Labute approximate surface area is 328 Å². The lowest BCUT2D eigenvalue weighted by Crippen LogP contribution is -2.47. The van der Waals surface area contributed by atoms with Crippen LogP contribution in [0.4, 0.5) is 17.1 Å². The summed E-state index contributed by atoms with van der Waals surface area (Å²) in [5.41, 5.74) is 5.66. The van der Waals surface area contributed by atoms with Gasteiger partial charge in [0.25, 0.3) is 5.91 Å². The number of nitrogens with one attached hydrogen (secondary N) is 1. The summed E-state index contributed by atoms with van der Waals surface area (Å²) in [6, 6.07) is 40.0. The second-order valence-electron chi connectivity index (χ2n) is 13.9. The van der Waals surface area contributed by atoms with E-state index in [0.29, 0.717) is 55.3 Å². The van der Waals surface area contributed by atoms with Crippen LogP contribution in [-0.4, -0.2) is 74.9 Å². The lowest BCUT2D eigenvalue weighted by molar-refractivity contribution is -0.135. The summed E-state index contributed by atoms with van der Waals surface area (Å²) < 4.78 is 12.1. The lowest BCUT2D eigenvalue weighted by atomic mass is 10.1. The van der Waals surface area contributed by atoms with Gasteiger partial charge in [-0.3, -0.25) is 14.9 Å². The summed E-state index contributed by atoms with van der Waals surface area (Å²) in [4.78, 5) is 52.7. The third-order valence-corrected chi connectivity index (χ3v) is 9.32. The molecule has 6 rings (SSSR count). The summed E-state index contributed by atoms with van der Waals surface area (Å²) >= 11 is 0. The quantitative estimate of drug-likeness (QED) is 0.0690. The monoisotopic (exact) mass is 752 g/mol. The molecule has 5 aromatic rings. The number of hydrogen-bond acceptors (Lipinski definition) is 9. The molecule has 0 fully saturated rings. The Hall–Kier alpha value is -6.62. The average Bonchev–Trinajstić information content (AvgIpc) is 3.20. The number of carbonyl (C=O) groups excluding carboxylic acids is 3. The van der Waals surface area contributed by atoms with E-state index in [0.717, 1.165) is 28.1 Å². The van der Waals surface area contributed by atoms with Crippen molar-refractivity contribution in [3.8, 4) is 11.5 Å². The van der Waals surface area contributed by atoms with Crippen LogP contribution in [0.2, 0.25) is 0 Å². The smallest absolute Gasteiger partial charge is 0.331 e. The second-order valence-corrected chi connectivity index (χ2v) is 13.9. The van der Waals surface area contributed by atoms with Crippen molar-refractivity contribution in [2.45, 2.75) is 32.5 Å².